The molecule has 0 aromatic carbocycles. The Bertz CT molecular complexity index is 693. The normalized spacial score (nSPS) is 20.0. The molecule has 1 heterocycles. The Hall–Kier alpha value is -1.32. The van der Waals surface area contributed by atoms with Crippen molar-refractivity contribution in [1.82, 2.24) is 25.3 Å². The van der Waals surface area contributed by atoms with E-state index < -0.39 is 0 Å². The minimum absolute atomic E-state index is 0. The third-order valence-corrected chi connectivity index (χ3v) is 5.78. The Balaban J connectivity index is 0.00000300. The van der Waals surface area contributed by atoms with Gasteiger partial charge >= 0.3 is 0 Å². The van der Waals surface area contributed by atoms with Gasteiger partial charge in [0.15, 0.2) is 5.96 Å². The van der Waals surface area contributed by atoms with E-state index in [9.17, 15) is 4.79 Å². The summed E-state index contributed by atoms with van der Waals surface area (Å²) < 4.78 is 2.07. The van der Waals surface area contributed by atoms with E-state index in [0.717, 1.165) is 25.2 Å². The molecule has 0 saturated heterocycles. The summed E-state index contributed by atoms with van der Waals surface area (Å²) in [6, 6.07) is 1.14. The van der Waals surface area contributed by atoms with Crippen molar-refractivity contribution in [2.75, 3.05) is 20.6 Å². The molecule has 1 aromatic rings. The minimum atomic E-state index is 0. The van der Waals surface area contributed by atoms with Gasteiger partial charge in [-0.2, -0.15) is 5.10 Å². The molecule has 29 heavy (non-hydrogen) atoms. The highest BCUT2D eigenvalue weighted by Gasteiger charge is 2.24. The van der Waals surface area contributed by atoms with Crippen LogP contribution in [0.2, 0.25) is 0 Å². The van der Waals surface area contributed by atoms with E-state index in [-0.39, 0.29) is 36.4 Å². The molecule has 1 amide bonds. The fourth-order valence-electron chi connectivity index (χ4n) is 3.96. The predicted octanol–water partition coefficient (Wildman–Crippen LogP) is 2.90. The van der Waals surface area contributed by atoms with Crippen LogP contribution in [-0.2, 0) is 17.6 Å². The van der Waals surface area contributed by atoms with Crippen molar-refractivity contribution in [2.24, 2.45) is 4.99 Å². The van der Waals surface area contributed by atoms with Crippen LogP contribution in [-0.4, -0.2) is 59.3 Å². The molecule has 1 atom stereocenters. The topological polar surface area (TPSA) is 74.5 Å². The van der Waals surface area contributed by atoms with Crippen molar-refractivity contribution < 1.29 is 4.79 Å². The molecule has 7 nitrogen and oxygen atoms in total. The number of carbonyl (C=O) groups is 1. The summed E-state index contributed by atoms with van der Waals surface area (Å²) >= 11 is 0. The van der Waals surface area contributed by atoms with Crippen LogP contribution in [0.4, 0.5) is 0 Å². The maximum Gasteiger partial charge on any atom is 0.243 e. The van der Waals surface area contributed by atoms with E-state index in [0.29, 0.717) is 18.1 Å². The number of aliphatic imine (C=N–C) groups is 1. The maximum atomic E-state index is 12.0. The van der Waals surface area contributed by atoms with Gasteiger partial charge in [-0.15, -0.1) is 24.0 Å². The van der Waals surface area contributed by atoms with E-state index in [1.54, 1.807) is 19.0 Å². The fraction of sp³-hybridized carbons (Fsp3) is 0.762. The van der Waals surface area contributed by atoms with Crippen LogP contribution in [0.1, 0.15) is 69.7 Å². The van der Waals surface area contributed by atoms with E-state index in [1.807, 2.05) is 0 Å². The highest BCUT2D eigenvalue weighted by atomic mass is 127. The molecule has 0 bridgehead atoms. The molecule has 1 aromatic heterocycles. The summed E-state index contributed by atoms with van der Waals surface area (Å²) in [4.78, 5) is 18.2. The molecule has 0 spiro atoms. The maximum absolute atomic E-state index is 12.0. The van der Waals surface area contributed by atoms with Crippen LogP contribution < -0.4 is 10.6 Å². The van der Waals surface area contributed by atoms with Crippen molar-refractivity contribution in [3.05, 3.63) is 17.5 Å². The van der Waals surface area contributed by atoms with Gasteiger partial charge in [0.2, 0.25) is 5.91 Å². The van der Waals surface area contributed by atoms with Gasteiger partial charge < -0.3 is 15.5 Å². The number of fused-ring (bicyclic) bond motifs is 1. The summed E-state index contributed by atoms with van der Waals surface area (Å²) in [7, 11) is 3.54. The molecule has 1 unspecified atom stereocenters. The molecule has 2 aliphatic carbocycles. The van der Waals surface area contributed by atoms with E-state index in [4.69, 9.17) is 5.10 Å². The zero-order valence-corrected chi connectivity index (χ0v) is 20.6. The highest BCUT2D eigenvalue weighted by Crippen LogP contribution is 2.22. The van der Waals surface area contributed by atoms with E-state index in [2.05, 4.69) is 40.4 Å². The van der Waals surface area contributed by atoms with Gasteiger partial charge in [-0.3, -0.25) is 9.48 Å². The monoisotopic (exact) mass is 516 g/mol. The Labute approximate surface area is 192 Å². The summed E-state index contributed by atoms with van der Waals surface area (Å²) in [5.74, 6) is 0.796. The lowest BCUT2D eigenvalue weighted by molar-refractivity contribution is -0.127. The molecule has 1 saturated carbocycles. The number of rotatable bonds is 5. The van der Waals surface area contributed by atoms with Crippen molar-refractivity contribution in [3.8, 4) is 0 Å². The number of halogens is 1. The zero-order chi connectivity index (χ0) is 20.1. The molecule has 3 rings (SSSR count). The lowest BCUT2D eigenvalue weighted by Gasteiger charge is -2.29. The number of nitrogens with zero attached hydrogens (tertiary/aromatic N) is 4. The first-order chi connectivity index (χ1) is 13.4. The number of hydrogen-bond acceptors (Lipinski definition) is 3. The van der Waals surface area contributed by atoms with Crippen LogP contribution in [0, 0.1) is 0 Å². The van der Waals surface area contributed by atoms with Gasteiger partial charge in [-0.1, -0.05) is 19.3 Å². The number of aromatic nitrogens is 2. The lowest BCUT2D eigenvalue weighted by atomic mass is 9.93. The number of likely N-dealkylation sites (N-methyl/N-ethyl adjacent to an activating group) is 1. The Morgan fingerprint density at radius 1 is 1.21 bits per heavy atom. The van der Waals surface area contributed by atoms with E-state index >= 15 is 0 Å². The second kappa shape index (κ2) is 11.2. The number of aryl methyl sites for hydroxylation is 1. The average molecular weight is 516 g/mol. The SMILES string of the molecule is CC(C)n1cc2c(n1)CC(NC(=NCC(=O)N(C)C)NC1CCCCC1)CC2.I. The summed E-state index contributed by atoms with van der Waals surface area (Å²) in [6.45, 7) is 4.50. The Kier molecular flexibility index (Phi) is 9.23. The number of hydrogen-bond donors (Lipinski definition) is 2. The molecule has 0 aliphatic heterocycles. The number of guanidine groups is 1. The second-order valence-electron chi connectivity index (χ2n) is 8.69. The summed E-state index contributed by atoms with van der Waals surface area (Å²) in [5, 5.41) is 12.0. The molecule has 2 aliphatic rings. The van der Waals surface area contributed by atoms with Crippen molar-refractivity contribution in [2.45, 2.75) is 83.3 Å². The predicted molar refractivity (Wildman–Crippen MR) is 128 cm³/mol. The van der Waals surface area contributed by atoms with Gasteiger partial charge in [0.25, 0.3) is 0 Å². The minimum Gasteiger partial charge on any atom is -0.354 e. The largest absolute Gasteiger partial charge is 0.354 e. The average Bonchev–Trinajstić information content (AvgIpc) is 3.10. The van der Waals surface area contributed by atoms with Gasteiger partial charge in [0, 0.05) is 44.8 Å². The second-order valence-corrected chi connectivity index (χ2v) is 8.69. The van der Waals surface area contributed by atoms with Gasteiger partial charge in [0.05, 0.1) is 5.69 Å². The molecule has 0 radical (unpaired) electrons. The Morgan fingerprint density at radius 3 is 2.55 bits per heavy atom. The first-order valence-electron chi connectivity index (χ1n) is 10.8. The van der Waals surface area contributed by atoms with Crippen LogP contribution in [0.3, 0.4) is 0 Å². The van der Waals surface area contributed by atoms with Gasteiger partial charge in [0.1, 0.15) is 6.54 Å². The van der Waals surface area contributed by atoms with Crippen LogP contribution >= 0.6 is 24.0 Å². The number of nitrogens with one attached hydrogen (secondary N) is 2. The van der Waals surface area contributed by atoms with Crippen LogP contribution in [0.5, 0.6) is 0 Å². The number of amides is 1. The molecule has 1 fully saturated rings. The highest BCUT2D eigenvalue weighted by molar-refractivity contribution is 14.0. The van der Waals surface area contributed by atoms with Crippen molar-refractivity contribution in [1.29, 1.82) is 0 Å². The lowest BCUT2D eigenvalue weighted by Crippen LogP contribution is -2.49. The molecule has 164 valence electrons. The third-order valence-electron chi connectivity index (χ3n) is 5.78. The van der Waals surface area contributed by atoms with Gasteiger partial charge in [-0.25, -0.2) is 4.99 Å². The third kappa shape index (κ3) is 6.86. The van der Waals surface area contributed by atoms with Crippen LogP contribution in [0.15, 0.2) is 11.2 Å². The Morgan fingerprint density at radius 2 is 1.90 bits per heavy atom. The standard InChI is InChI=1S/C21H36N6O.HI/c1-15(2)27-14-16-10-11-18(12-19(16)25-27)24-21(22-13-20(28)26(3)4)23-17-8-6-5-7-9-17;/h14-15,17-18H,5-13H2,1-4H3,(H2,22,23,24);1H. The zero-order valence-electron chi connectivity index (χ0n) is 18.3. The van der Waals surface area contributed by atoms with Crippen molar-refractivity contribution >= 4 is 35.8 Å². The first kappa shape index (κ1) is 24.0. The smallest absolute Gasteiger partial charge is 0.243 e. The summed E-state index contributed by atoms with van der Waals surface area (Å²) in [6.07, 6.45) is 11.4. The molecular formula is C21H37IN6O. The van der Waals surface area contributed by atoms with Crippen molar-refractivity contribution in [3.63, 3.8) is 0 Å². The van der Waals surface area contributed by atoms with E-state index in [1.165, 1.54) is 43.4 Å². The van der Waals surface area contributed by atoms with Gasteiger partial charge in [-0.05, 0) is 45.1 Å². The van der Waals surface area contributed by atoms with Crippen LogP contribution in [0.25, 0.3) is 0 Å². The number of carbonyl (C=O) groups excluding carboxylic acids is 1. The quantitative estimate of drug-likeness (QED) is 0.359. The molecular weight excluding hydrogens is 479 g/mol. The fourth-order valence-corrected chi connectivity index (χ4v) is 3.96. The summed E-state index contributed by atoms with van der Waals surface area (Å²) in [5.41, 5.74) is 2.56. The first-order valence-corrected chi connectivity index (χ1v) is 10.8. The molecule has 8 heteroatoms. The molecule has 2 N–H and O–H groups in total.